The number of hydrogen-bond acceptors (Lipinski definition) is 2. The molecule has 2 rings (SSSR count). The number of benzene rings is 1. The lowest BCUT2D eigenvalue weighted by Gasteiger charge is -2.39. The van der Waals surface area contributed by atoms with E-state index in [1.165, 1.54) is 5.56 Å². The first-order valence-corrected chi connectivity index (χ1v) is 9.16. The third-order valence-electron chi connectivity index (χ3n) is 5.08. The Bertz CT molecular complexity index is 559. The van der Waals surface area contributed by atoms with E-state index in [2.05, 4.69) is 48.5 Å². The third-order valence-corrected chi connectivity index (χ3v) is 5.41. The molecule has 0 radical (unpaired) electrons. The molecule has 25 heavy (non-hydrogen) atoms. The summed E-state index contributed by atoms with van der Waals surface area (Å²) in [6.07, 6.45) is 1.92. The van der Waals surface area contributed by atoms with Gasteiger partial charge in [0.25, 0.3) is 0 Å². The summed E-state index contributed by atoms with van der Waals surface area (Å²) in [7, 11) is 1.81. The molecule has 1 aliphatic heterocycles. The van der Waals surface area contributed by atoms with Gasteiger partial charge in [-0.2, -0.15) is 0 Å². The number of nitrogens with zero attached hydrogens (tertiary/aromatic N) is 1. The van der Waals surface area contributed by atoms with Crippen LogP contribution in [-0.4, -0.2) is 38.8 Å². The quantitative estimate of drug-likeness (QED) is 0.378. The van der Waals surface area contributed by atoms with E-state index in [-0.39, 0.29) is 29.4 Å². The van der Waals surface area contributed by atoms with E-state index in [9.17, 15) is 0 Å². The third kappa shape index (κ3) is 6.00. The van der Waals surface area contributed by atoms with E-state index >= 15 is 0 Å². The molecule has 1 atom stereocenters. The van der Waals surface area contributed by atoms with Gasteiger partial charge in [0.2, 0.25) is 0 Å². The van der Waals surface area contributed by atoms with Gasteiger partial charge in [0, 0.05) is 43.3 Å². The van der Waals surface area contributed by atoms with Gasteiger partial charge in [-0.05, 0) is 37.3 Å². The molecule has 0 spiro atoms. The zero-order valence-corrected chi connectivity index (χ0v) is 18.7. The lowest BCUT2D eigenvalue weighted by molar-refractivity contribution is 0.0514. The van der Waals surface area contributed by atoms with Gasteiger partial charge in [0.1, 0.15) is 0 Å². The maximum absolute atomic E-state index is 6.51. The summed E-state index contributed by atoms with van der Waals surface area (Å²) in [5, 5.41) is 7.81. The normalized spacial score (nSPS) is 18.4. The highest BCUT2D eigenvalue weighted by Crippen LogP contribution is 2.38. The number of aliphatic imine (C=N–C) groups is 1. The molecule has 1 fully saturated rings. The maximum Gasteiger partial charge on any atom is 0.191 e. The zero-order chi connectivity index (χ0) is 17.6. The van der Waals surface area contributed by atoms with Crippen LogP contribution in [0.5, 0.6) is 0 Å². The van der Waals surface area contributed by atoms with Gasteiger partial charge in [-0.3, -0.25) is 4.99 Å². The summed E-state index contributed by atoms with van der Waals surface area (Å²) in [5.74, 6) is 1.39. The highest BCUT2D eigenvalue weighted by Gasteiger charge is 2.36. The largest absolute Gasteiger partial charge is 0.381 e. The molecule has 1 heterocycles. The molecule has 4 nitrogen and oxygen atoms in total. The van der Waals surface area contributed by atoms with Crippen LogP contribution in [0.25, 0.3) is 0 Å². The minimum atomic E-state index is -0.0186. The molecule has 1 aliphatic rings. The van der Waals surface area contributed by atoms with Crippen LogP contribution in [-0.2, 0) is 10.2 Å². The topological polar surface area (TPSA) is 45.7 Å². The van der Waals surface area contributed by atoms with E-state index in [1.54, 1.807) is 0 Å². The Hall–Kier alpha value is -0.530. The smallest absolute Gasteiger partial charge is 0.191 e. The molecule has 0 bridgehead atoms. The van der Waals surface area contributed by atoms with Crippen molar-refractivity contribution in [1.82, 2.24) is 10.6 Å². The fourth-order valence-corrected chi connectivity index (χ4v) is 3.36. The molecule has 0 saturated carbocycles. The lowest BCUT2D eigenvalue weighted by atomic mass is 9.74. The van der Waals surface area contributed by atoms with Gasteiger partial charge >= 0.3 is 0 Å². The van der Waals surface area contributed by atoms with Crippen molar-refractivity contribution in [3.05, 3.63) is 34.9 Å². The van der Waals surface area contributed by atoms with Crippen LogP contribution < -0.4 is 10.6 Å². The minimum absolute atomic E-state index is 0. The summed E-state index contributed by atoms with van der Waals surface area (Å²) in [4.78, 5) is 4.37. The van der Waals surface area contributed by atoms with Gasteiger partial charge in [0.15, 0.2) is 5.96 Å². The molecule has 142 valence electrons. The van der Waals surface area contributed by atoms with Gasteiger partial charge in [-0.25, -0.2) is 0 Å². The van der Waals surface area contributed by atoms with Crippen LogP contribution in [0.1, 0.15) is 39.2 Å². The van der Waals surface area contributed by atoms with Gasteiger partial charge in [-0.1, -0.05) is 43.6 Å². The van der Waals surface area contributed by atoms with Crippen molar-refractivity contribution in [2.75, 3.05) is 26.8 Å². The molecule has 1 saturated heterocycles. The van der Waals surface area contributed by atoms with Crippen LogP contribution in [0, 0.1) is 5.92 Å². The van der Waals surface area contributed by atoms with Crippen molar-refractivity contribution in [3.63, 3.8) is 0 Å². The van der Waals surface area contributed by atoms with E-state index in [0.717, 1.165) is 43.6 Å². The Labute approximate surface area is 174 Å². The Kier molecular flexibility index (Phi) is 9.52. The second kappa shape index (κ2) is 10.6. The molecule has 1 aromatic carbocycles. The molecule has 1 aromatic rings. The first-order valence-electron chi connectivity index (χ1n) is 8.78. The molecule has 6 heteroatoms. The number of halogens is 2. The van der Waals surface area contributed by atoms with Crippen molar-refractivity contribution in [2.45, 2.75) is 45.1 Å². The van der Waals surface area contributed by atoms with Gasteiger partial charge < -0.3 is 15.4 Å². The second-order valence-electron chi connectivity index (χ2n) is 6.98. The van der Waals surface area contributed by atoms with Gasteiger partial charge in [0.05, 0.1) is 0 Å². The molecule has 0 aliphatic carbocycles. The number of guanidine groups is 1. The summed E-state index contributed by atoms with van der Waals surface area (Å²) in [5.41, 5.74) is 1.18. The van der Waals surface area contributed by atoms with Crippen molar-refractivity contribution >= 4 is 41.5 Å². The molecule has 1 unspecified atom stereocenters. The minimum Gasteiger partial charge on any atom is -0.381 e. The van der Waals surface area contributed by atoms with Crippen LogP contribution in [0.2, 0.25) is 5.02 Å². The average Bonchev–Trinajstić information content (AvgIpc) is 2.59. The standard InChI is InChI=1S/C19H30ClN3O.HI/c1-14(2)15(3)23-18(21-4)22-13-19(9-11-24-12-10-19)16-7-5-6-8-17(16)20;/h5-8,14-15H,9-13H2,1-4H3,(H2,21,22,23);1H. The van der Waals surface area contributed by atoms with Crippen LogP contribution in [0.3, 0.4) is 0 Å². The second-order valence-corrected chi connectivity index (χ2v) is 7.38. The fourth-order valence-electron chi connectivity index (χ4n) is 3.02. The fraction of sp³-hybridized carbons (Fsp3) is 0.632. The van der Waals surface area contributed by atoms with Gasteiger partial charge in [-0.15, -0.1) is 24.0 Å². The Balaban J connectivity index is 0.00000312. The monoisotopic (exact) mass is 479 g/mol. The number of nitrogens with one attached hydrogen (secondary N) is 2. The highest BCUT2D eigenvalue weighted by molar-refractivity contribution is 14.0. The van der Waals surface area contributed by atoms with Crippen molar-refractivity contribution < 1.29 is 4.74 Å². The SMILES string of the molecule is CN=C(NCC1(c2ccccc2Cl)CCOCC1)NC(C)C(C)C.I. The Morgan fingerprint density at radius 3 is 2.44 bits per heavy atom. The Morgan fingerprint density at radius 2 is 1.88 bits per heavy atom. The maximum atomic E-state index is 6.51. The molecule has 0 aromatic heterocycles. The zero-order valence-electron chi connectivity index (χ0n) is 15.6. The van der Waals surface area contributed by atoms with E-state index < -0.39 is 0 Å². The predicted molar refractivity (Wildman–Crippen MR) is 117 cm³/mol. The Morgan fingerprint density at radius 1 is 1.24 bits per heavy atom. The van der Waals surface area contributed by atoms with Crippen LogP contribution >= 0.6 is 35.6 Å². The predicted octanol–water partition coefficient (Wildman–Crippen LogP) is 4.22. The number of hydrogen-bond donors (Lipinski definition) is 2. The van der Waals surface area contributed by atoms with Crippen molar-refractivity contribution in [2.24, 2.45) is 10.9 Å². The summed E-state index contributed by atoms with van der Waals surface area (Å²) >= 11 is 6.51. The lowest BCUT2D eigenvalue weighted by Crippen LogP contribution is -2.50. The highest BCUT2D eigenvalue weighted by atomic mass is 127. The summed E-state index contributed by atoms with van der Waals surface area (Å²) in [6, 6.07) is 8.52. The van der Waals surface area contributed by atoms with Crippen LogP contribution in [0.15, 0.2) is 29.3 Å². The van der Waals surface area contributed by atoms with E-state index in [1.807, 2.05) is 19.2 Å². The average molecular weight is 480 g/mol. The van der Waals surface area contributed by atoms with E-state index in [4.69, 9.17) is 16.3 Å². The first kappa shape index (κ1) is 22.5. The summed E-state index contributed by atoms with van der Waals surface area (Å²) in [6.45, 7) is 8.91. The molecule has 0 amide bonds. The molecule has 2 N–H and O–H groups in total. The number of rotatable bonds is 5. The number of ether oxygens (including phenoxy) is 1. The molecular formula is C19H31ClIN3O. The molecular weight excluding hydrogens is 449 g/mol. The van der Waals surface area contributed by atoms with E-state index in [0.29, 0.717) is 12.0 Å². The first-order chi connectivity index (χ1) is 11.5. The summed E-state index contributed by atoms with van der Waals surface area (Å²) < 4.78 is 5.60. The van der Waals surface area contributed by atoms with Crippen LogP contribution in [0.4, 0.5) is 0 Å². The van der Waals surface area contributed by atoms with Crippen molar-refractivity contribution in [3.8, 4) is 0 Å². The van der Waals surface area contributed by atoms with Crippen molar-refractivity contribution in [1.29, 1.82) is 0 Å².